The molecule has 2 rings (SSSR count). The van der Waals surface area contributed by atoms with E-state index in [1.54, 1.807) is 48.5 Å². The van der Waals surface area contributed by atoms with E-state index in [1.807, 2.05) is 6.92 Å². The molecule has 0 unspecified atom stereocenters. The van der Waals surface area contributed by atoms with E-state index in [0.29, 0.717) is 23.9 Å². The van der Waals surface area contributed by atoms with Gasteiger partial charge in [0.05, 0.1) is 4.90 Å². The number of sulfonamides is 1. The Morgan fingerprint density at radius 1 is 0.909 bits per heavy atom. The summed E-state index contributed by atoms with van der Waals surface area (Å²) in [4.78, 5) is 15.2. The Morgan fingerprint density at radius 2 is 1.48 bits per heavy atom. The second-order valence-electron chi connectivity index (χ2n) is 9.49. The minimum Gasteiger partial charge on any atom is -0.352 e. The van der Waals surface area contributed by atoms with Gasteiger partial charge in [0.25, 0.3) is 5.91 Å². The van der Waals surface area contributed by atoms with Gasteiger partial charge >= 0.3 is 0 Å². The summed E-state index contributed by atoms with van der Waals surface area (Å²) in [6, 6.07) is 13.7. The lowest BCUT2D eigenvalue weighted by Crippen LogP contribution is -2.34. The van der Waals surface area contributed by atoms with Crippen LogP contribution in [0.25, 0.3) is 0 Å². The Hall–Kier alpha value is -2.22. The van der Waals surface area contributed by atoms with E-state index in [2.05, 4.69) is 42.6 Å². The molecule has 1 amide bonds. The van der Waals surface area contributed by atoms with Crippen molar-refractivity contribution in [3.63, 3.8) is 0 Å². The van der Waals surface area contributed by atoms with Crippen molar-refractivity contribution in [3.8, 4) is 0 Å². The number of benzene rings is 2. The van der Waals surface area contributed by atoms with Crippen LogP contribution in [0.1, 0.15) is 55.6 Å². The molecule has 0 radical (unpaired) electrons. The summed E-state index contributed by atoms with van der Waals surface area (Å²) in [5.41, 5.74) is 2.37. The van der Waals surface area contributed by atoms with Crippen LogP contribution in [0.4, 0.5) is 0 Å². The number of aryl methyl sites for hydroxylation is 1. The Balaban J connectivity index is 1.80. The van der Waals surface area contributed by atoms with Crippen LogP contribution in [0.3, 0.4) is 0 Å². The first-order valence-electron chi connectivity index (χ1n) is 11.7. The molecular formula is C26H39N3O3S. The van der Waals surface area contributed by atoms with Gasteiger partial charge in [-0.1, -0.05) is 57.5 Å². The van der Waals surface area contributed by atoms with Gasteiger partial charge in [0.2, 0.25) is 10.0 Å². The highest BCUT2D eigenvalue weighted by Crippen LogP contribution is 2.12. The van der Waals surface area contributed by atoms with Gasteiger partial charge in [0.1, 0.15) is 0 Å². The summed E-state index contributed by atoms with van der Waals surface area (Å²) in [7, 11) is -3.57. The zero-order chi connectivity index (χ0) is 24.4. The van der Waals surface area contributed by atoms with Gasteiger partial charge in [0, 0.05) is 31.7 Å². The van der Waals surface area contributed by atoms with Crippen molar-refractivity contribution in [1.82, 2.24) is 14.9 Å². The first-order chi connectivity index (χ1) is 15.6. The van der Waals surface area contributed by atoms with Crippen LogP contribution in [0.15, 0.2) is 53.4 Å². The fourth-order valence-corrected chi connectivity index (χ4v) is 4.67. The monoisotopic (exact) mass is 473 g/mol. The highest BCUT2D eigenvalue weighted by Gasteiger charge is 2.14. The summed E-state index contributed by atoms with van der Waals surface area (Å²) < 4.78 is 27.5. The molecule has 0 saturated carbocycles. The van der Waals surface area contributed by atoms with Crippen LogP contribution in [-0.2, 0) is 16.6 Å². The number of hydrogen-bond donors (Lipinski definition) is 2. The highest BCUT2D eigenvalue weighted by atomic mass is 32.2. The highest BCUT2D eigenvalue weighted by molar-refractivity contribution is 7.89. The molecule has 0 spiro atoms. The first-order valence-corrected chi connectivity index (χ1v) is 13.2. The van der Waals surface area contributed by atoms with E-state index in [9.17, 15) is 13.2 Å². The SMILES string of the molecule is Cc1ccc(S(=O)(=O)NCc2ccc(C(=O)NCCCN(CC(C)C)CC(C)C)cc2)cc1. The molecule has 0 fully saturated rings. The largest absolute Gasteiger partial charge is 0.352 e. The van der Waals surface area contributed by atoms with Crippen LogP contribution >= 0.6 is 0 Å². The zero-order valence-electron chi connectivity index (χ0n) is 20.6. The maximum Gasteiger partial charge on any atom is 0.251 e. The topological polar surface area (TPSA) is 78.5 Å². The maximum absolute atomic E-state index is 12.4. The minimum absolute atomic E-state index is 0.110. The molecular weight excluding hydrogens is 434 g/mol. The molecule has 33 heavy (non-hydrogen) atoms. The van der Waals surface area contributed by atoms with E-state index in [4.69, 9.17) is 0 Å². The third-order valence-corrected chi connectivity index (χ3v) is 6.61. The first kappa shape index (κ1) is 27.0. The fraction of sp³-hybridized carbons (Fsp3) is 0.500. The lowest BCUT2D eigenvalue weighted by Gasteiger charge is -2.26. The van der Waals surface area contributed by atoms with Crippen LogP contribution in [-0.4, -0.2) is 45.4 Å². The van der Waals surface area contributed by atoms with E-state index in [0.717, 1.165) is 37.2 Å². The molecule has 0 saturated heterocycles. The Bertz CT molecular complexity index is 959. The standard InChI is InChI=1S/C26H39N3O3S/c1-20(2)18-29(19-21(3)4)16-6-15-27-26(30)24-11-9-23(10-12-24)17-28-33(31,32)25-13-7-22(5)8-14-25/h7-14,20-21,28H,6,15-19H2,1-5H3,(H,27,30). The van der Waals surface area contributed by atoms with Crippen molar-refractivity contribution in [2.45, 2.75) is 52.5 Å². The predicted octanol–water partition coefficient (Wildman–Crippen LogP) is 4.21. The number of hydrogen-bond acceptors (Lipinski definition) is 4. The van der Waals surface area contributed by atoms with Gasteiger partial charge < -0.3 is 10.2 Å². The van der Waals surface area contributed by atoms with E-state index < -0.39 is 10.0 Å². The molecule has 0 atom stereocenters. The van der Waals surface area contributed by atoms with Crippen LogP contribution < -0.4 is 10.0 Å². The van der Waals surface area contributed by atoms with E-state index >= 15 is 0 Å². The number of rotatable bonds is 13. The molecule has 0 aromatic heterocycles. The van der Waals surface area contributed by atoms with Crippen molar-refractivity contribution in [1.29, 1.82) is 0 Å². The van der Waals surface area contributed by atoms with Crippen molar-refractivity contribution in [3.05, 3.63) is 65.2 Å². The number of carbonyl (C=O) groups is 1. The lowest BCUT2D eigenvalue weighted by atomic mass is 10.1. The lowest BCUT2D eigenvalue weighted by molar-refractivity contribution is 0.0950. The van der Waals surface area contributed by atoms with Crippen molar-refractivity contribution < 1.29 is 13.2 Å². The predicted molar refractivity (Wildman–Crippen MR) is 135 cm³/mol. The molecule has 2 aromatic carbocycles. The molecule has 7 heteroatoms. The summed E-state index contributed by atoms with van der Waals surface area (Å²) >= 11 is 0. The maximum atomic E-state index is 12.4. The molecule has 0 bridgehead atoms. The second kappa shape index (κ2) is 12.9. The van der Waals surface area contributed by atoms with Crippen LogP contribution in [0.5, 0.6) is 0 Å². The summed E-state index contributed by atoms with van der Waals surface area (Å²) in [6.07, 6.45) is 0.907. The normalized spacial score (nSPS) is 12.0. The van der Waals surface area contributed by atoms with Gasteiger partial charge in [0.15, 0.2) is 0 Å². The van der Waals surface area contributed by atoms with Gasteiger partial charge in [-0.25, -0.2) is 13.1 Å². The number of amides is 1. The fourth-order valence-electron chi connectivity index (χ4n) is 3.65. The van der Waals surface area contributed by atoms with E-state index in [-0.39, 0.29) is 17.3 Å². The molecule has 6 nitrogen and oxygen atoms in total. The average molecular weight is 474 g/mol. The van der Waals surface area contributed by atoms with Gasteiger partial charge in [-0.05, 0) is 61.6 Å². The smallest absolute Gasteiger partial charge is 0.251 e. The van der Waals surface area contributed by atoms with Crippen molar-refractivity contribution in [2.24, 2.45) is 11.8 Å². The molecule has 0 aliphatic rings. The summed E-state index contributed by atoms with van der Waals surface area (Å²) in [6.45, 7) is 14.7. The third kappa shape index (κ3) is 9.66. The molecule has 2 N–H and O–H groups in total. The summed E-state index contributed by atoms with van der Waals surface area (Å²) in [5, 5.41) is 2.99. The Kier molecular flexibility index (Phi) is 10.5. The van der Waals surface area contributed by atoms with Gasteiger partial charge in [-0.3, -0.25) is 4.79 Å². The Morgan fingerprint density at radius 3 is 2.03 bits per heavy atom. The molecule has 182 valence electrons. The molecule has 2 aromatic rings. The zero-order valence-corrected chi connectivity index (χ0v) is 21.4. The quantitative estimate of drug-likeness (QED) is 0.427. The third-order valence-electron chi connectivity index (χ3n) is 5.20. The molecule has 0 aliphatic heterocycles. The van der Waals surface area contributed by atoms with Crippen molar-refractivity contribution in [2.75, 3.05) is 26.2 Å². The summed E-state index contributed by atoms with van der Waals surface area (Å²) in [5.74, 6) is 1.14. The average Bonchev–Trinajstić information content (AvgIpc) is 2.75. The van der Waals surface area contributed by atoms with E-state index in [1.165, 1.54) is 0 Å². The van der Waals surface area contributed by atoms with Crippen LogP contribution in [0.2, 0.25) is 0 Å². The second-order valence-corrected chi connectivity index (χ2v) is 11.3. The molecule has 0 heterocycles. The number of carbonyl (C=O) groups excluding carboxylic acids is 1. The number of nitrogens with one attached hydrogen (secondary N) is 2. The van der Waals surface area contributed by atoms with Gasteiger partial charge in [-0.15, -0.1) is 0 Å². The minimum atomic E-state index is -3.57. The van der Waals surface area contributed by atoms with Gasteiger partial charge in [-0.2, -0.15) is 0 Å². The number of nitrogens with zero attached hydrogens (tertiary/aromatic N) is 1. The van der Waals surface area contributed by atoms with Crippen molar-refractivity contribution >= 4 is 15.9 Å². The van der Waals surface area contributed by atoms with Crippen LogP contribution in [0, 0.1) is 18.8 Å². The molecule has 0 aliphatic carbocycles. The Labute approximate surface area is 199 Å².